The summed E-state index contributed by atoms with van der Waals surface area (Å²) >= 11 is 6.72. The summed E-state index contributed by atoms with van der Waals surface area (Å²) in [7, 11) is 0. The van der Waals surface area contributed by atoms with Gasteiger partial charge in [-0.05, 0) is 20.1 Å². The van der Waals surface area contributed by atoms with Crippen molar-refractivity contribution >= 4 is 29.0 Å². The molecular weight excluding hydrogens is 188 g/mol. The van der Waals surface area contributed by atoms with Crippen LogP contribution in [0.1, 0.15) is 13.8 Å². The highest BCUT2D eigenvalue weighted by molar-refractivity contribution is 7.98. The van der Waals surface area contributed by atoms with Gasteiger partial charge in [0.25, 0.3) is 0 Å². The highest BCUT2D eigenvalue weighted by atomic mass is 32.2. The molecule has 0 aromatic carbocycles. The molecule has 0 aliphatic rings. The van der Waals surface area contributed by atoms with Gasteiger partial charge in [-0.1, -0.05) is 12.2 Å². The van der Waals surface area contributed by atoms with Crippen molar-refractivity contribution in [2.75, 3.05) is 25.1 Å². The zero-order valence-electron chi connectivity index (χ0n) is 8.04. The topological polar surface area (TPSA) is 29.3 Å². The number of thiocarbonyl (C=S) groups is 1. The number of hydrogen-bond donors (Lipinski definition) is 1. The van der Waals surface area contributed by atoms with Crippen molar-refractivity contribution in [2.24, 2.45) is 5.73 Å². The van der Waals surface area contributed by atoms with Crippen LogP contribution < -0.4 is 5.73 Å². The van der Waals surface area contributed by atoms with Crippen molar-refractivity contribution in [3.63, 3.8) is 0 Å². The molecule has 72 valence electrons. The third kappa shape index (κ3) is 5.80. The Morgan fingerprint density at radius 3 is 2.50 bits per heavy atom. The fraction of sp³-hybridized carbons (Fsp3) is 0.875. The molecule has 0 rings (SSSR count). The first-order valence-corrected chi connectivity index (χ1v) is 5.89. The SMILES string of the molecule is CSCCN(CC(N)=S)C(C)C. The van der Waals surface area contributed by atoms with E-state index < -0.39 is 0 Å². The van der Waals surface area contributed by atoms with E-state index in [4.69, 9.17) is 18.0 Å². The summed E-state index contributed by atoms with van der Waals surface area (Å²) in [6.45, 7) is 6.14. The smallest absolute Gasteiger partial charge is 0.0870 e. The molecular formula is C8H18N2S2. The lowest BCUT2D eigenvalue weighted by molar-refractivity contribution is 0.270. The molecule has 0 bridgehead atoms. The van der Waals surface area contributed by atoms with Gasteiger partial charge in [-0.25, -0.2) is 0 Å². The van der Waals surface area contributed by atoms with Crippen LogP contribution in [0.5, 0.6) is 0 Å². The second-order valence-electron chi connectivity index (χ2n) is 3.02. The zero-order chi connectivity index (χ0) is 9.56. The average Bonchev–Trinajstić information content (AvgIpc) is 1.96. The molecule has 0 aliphatic heterocycles. The monoisotopic (exact) mass is 206 g/mol. The highest BCUT2D eigenvalue weighted by Crippen LogP contribution is 2.00. The molecule has 2 N–H and O–H groups in total. The molecule has 12 heavy (non-hydrogen) atoms. The Labute approximate surface area is 84.9 Å². The molecule has 0 aromatic heterocycles. The van der Waals surface area contributed by atoms with E-state index in [2.05, 4.69) is 25.0 Å². The Kier molecular flexibility index (Phi) is 6.80. The number of nitrogens with two attached hydrogens (primary N) is 1. The van der Waals surface area contributed by atoms with Crippen molar-refractivity contribution in [1.29, 1.82) is 0 Å². The molecule has 0 saturated heterocycles. The molecule has 0 fully saturated rings. The summed E-state index contributed by atoms with van der Waals surface area (Å²) in [5.74, 6) is 1.14. The Hall–Kier alpha value is 0.200. The van der Waals surface area contributed by atoms with E-state index in [1.54, 1.807) is 0 Å². The first-order chi connectivity index (χ1) is 5.57. The molecule has 0 radical (unpaired) electrons. The summed E-state index contributed by atoms with van der Waals surface area (Å²) < 4.78 is 0. The summed E-state index contributed by atoms with van der Waals surface area (Å²) in [6.07, 6.45) is 2.11. The lowest BCUT2D eigenvalue weighted by atomic mass is 10.3. The molecule has 0 aliphatic carbocycles. The zero-order valence-corrected chi connectivity index (χ0v) is 9.67. The van der Waals surface area contributed by atoms with Crippen LogP contribution in [-0.2, 0) is 0 Å². The van der Waals surface area contributed by atoms with E-state index in [0.717, 1.165) is 18.8 Å². The van der Waals surface area contributed by atoms with Gasteiger partial charge >= 0.3 is 0 Å². The van der Waals surface area contributed by atoms with E-state index in [1.165, 1.54) is 0 Å². The van der Waals surface area contributed by atoms with Crippen LogP contribution in [0.25, 0.3) is 0 Å². The van der Waals surface area contributed by atoms with Crippen LogP contribution in [-0.4, -0.2) is 41.0 Å². The van der Waals surface area contributed by atoms with Crippen LogP contribution in [0.15, 0.2) is 0 Å². The number of hydrogen-bond acceptors (Lipinski definition) is 3. The summed E-state index contributed by atoms with van der Waals surface area (Å²) in [5, 5.41) is 0. The number of thioether (sulfide) groups is 1. The Balaban J connectivity index is 3.78. The van der Waals surface area contributed by atoms with Gasteiger partial charge in [0.1, 0.15) is 0 Å². The Morgan fingerprint density at radius 1 is 1.58 bits per heavy atom. The van der Waals surface area contributed by atoms with Gasteiger partial charge in [0, 0.05) is 24.9 Å². The van der Waals surface area contributed by atoms with Gasteiger partial charge in [0.2, 0.25) is 0 Å². The minimum atomic E-state index is 0.527. The lowest BCUT2D eigenvalue weighted by Gasteiger charge is -2.25. The predicted octanol–water partition coefficient (Wildman–Crippen LogP) is 1.35. The van der Waals surface area contributed by atoms with Gasteiger partial charge < -0.3 is 5.73 Å². The van der Waals surface area contributed by atoms with Crippen molar-refractivity contribution in [1.82, 2.24) is 4.90 Å². The predicted molar refractivity (Wildman–Crippen MR) is 61.9 cm³/mol. The van der Waals surface area contributed by atoms with E-state index >= 15 is 0 Å². The highest BCUT2D eigenvalue weighted by Gasteiger charge is 2.08. The van der Waals surface area contributed by atoms with Crippen molar-refractivity contribution in [2.45, 2.75) is 19.9 Å². The molecule has 0 aromatic rings. The molecule has 0 unspecified atom stereocenters. The maximum absolute atomic E-state index is 5.49. The van der Waals surface area contributed by atoms with Gasteiger partial charge in [0.05, 0.1) is 4.99 Å². The van der Waals surface area contributed by atoms with Gasteiger partial charge in [-0.2, -0.15) is 11.8 Å². The third-order valence-electron chi connectivity index (χ3n) is 1.67. The van der Waals surface area contributed by atoms with E-state index in [1.807, 2.05) is 11.8 Å². The van der Waals surface area contributed by atoms with Crippen LogP contribution in [0.2, 0.25) is 0 Å². The molecule has 0 heterocycles. The van der Waals surface area contributed by atoms with E-state index in [0.29, 0.717) is 11.0 Å². The van der Waals surface area contributed by atoms with Crippen molar-refractivity contribution in [3.8, 4) is 0 Å². The maximum Gasteiger partial charge on any atom is 0.0870 e. The maximum atomic E-state index is 5.49. The fourth-order valence-corrected chi connectivity index (χ4v) is 1.51. The third-order valence-corrected chi connectivity index (χ3v) is 2.39. The molecule has 4 heteroatoms. The quantitative estimate of drug-likeness (QED) is 0.664. The molecule has 0 saturated carbocycles. The first kappa shape index (κ1) is 12.2. The molecule has 0 spiro atoms. The number of rotatable bonds is 6. The second kappa shape index (κ2) is 6.69. The minimum Gasteiger partial charge on any atom is -0.392 e. The standard InChI is InChI=1S/C8H18N2S2/c1-7(2)10(4-5-12-3)6-8(9)11/h7H,4-6H2,1-3H3,(H2,9,11). The van der Waals surface area contributed by atoms with Crippen LogP contribution >= 0.6 is 24.0 Å². The first-order valence-electron chi connectivity index (χ1n) is 4.09. The Morgan fingerprint density at radius 2 is 2.17 bits per heavy atom. The second-order valence-corrected chi connectivity index (χ2v) is 4.53. The van der Waals surface area contributed by atoms with Crippen LogP contribution in [0.4, 0.5) is 0 Å². The largest absolute Gasteiger partial charge is 0.392 e. The lowest BCUT2D eigenvalue weighted by Crippen LogP contribution is -2.39. The average molecular weight is 206 g/mol. The summed E-state index contributed by atoms with van der Waals surface area (Å²) in [5.41, 5.74) is 5.49. The molecule has 2 nitrogen and oxygen atoms in total. The Bertz CT molecular complexity index is 137. The molecule has 0 atom stereocenters. The van der Waals surface area contributed by atoms with Gasteiger partial charge in [-0.3, -0.25) is 4.90 Å². The van der Waals surface area contributed by atoms with Gasteiger partial charge in [-0.15, -0.1) is 0 Å². The summed E-state index contributed by atoms with van der Waals surface area (Å²) in [4.78, 5) is 2.88. The van der Waals surface area contributed by atoms with Crippen molar-refractivity contribution in [3.05, 3.63) is 0 Å². The molecule has 0 amide bonds. The van der Waals surface area contributed by atoms with Crippen LogP contribution in [0, 0.1) is 0 Å². The van der Waals surface area contributed by atoms with E-state index in [9.17, 15) is 0 Å². The fourth-order valence-electron chi connectivity index (χ4n) is 0.929. The van der Waals surface area contributed by atoms with E-state index in [-0.39, 0.29) is 0 Å². The minimum absolute atomic E-state index is 0.527. The normalized spacial score (nSPS) is 11.1. The van der Waals surface area contributed by atoms with Crippen LogP contribution in [0.3, 0.4) is 0 Å². The van der Waals surface area contributed by atoms with Gasteiger partial charge in [0.15, 0.2) is 0 Å². The number of nitrogens with zero attached hydrogens (tertiary/aromatic N) is 1. The van der Waals surface area contributed by atoms with Crippen molar-refractivity contribution < 1.29 is 0 Å². The summed E-state index contributed by atoms with van der Waals surface area (Å²) in [6, 6.07) is 0.527.